The number of nitro groups is 1. The second-order valence-corrected chi connectivity index (χ2v) is 5.08. The number of aliphatic hydroxyl groups excluding tert-OH is 1. The van der Waals surface area contributed by atoms with Crippen molar-refractivity contribution < 1.29 is 14.8 Å². The summed E-state index contributed by atoms with van der Waals surface area (Å²) in [5, 5.41) is 25.3. The van der Waals surface area contributed by atoms with Gasteiger partial charge in [-0.15, -0.1) is 0 Å². The van der Waals surface area contributed by atoms with Crippen molar-refractivity contribution in [1.82, 2.24) is 9.78 Å². The van der Waals surface area contributed by atoms with Crippen LogP contribution in [0.1, 0.15) is 5.56 Å². The van der Waals surface area contributed by atoms with Crippen LogP contribution in [0.25, 0.3) is 16.9 Å². The van der Waals surface area contributed by atoms with E-state index < -0.39 is 4.92 Å². The molecule has 1 heterocycles. The van der Waals surface area contributed by atoms with Crippen molar-refractivity contribution in [2.75, 3.05) is 7.11 Å². The van der Waals surface area contributed by atoms with Gasteiger partial charge in [-0.3, -0.25) is 10.1 Å². The Kier molecular flexibility index (Phi) is 4.26. The monoisotopic (exact) mass is 325 g/mol. The van der Waals surface area contributed by atoms with Gasteiger partial charge in [0.25, 0.3) is 0 Å². The van der Waals surface area contributed by atoms with Gasteiger partial charge >= 0.3 is 5.69 Å². The van der Waals surface area contributed by atoms with Crippen LogP contribution in [0.15, 0.2) is 54.7 Å². The number of hydrogen-bond acceptors (Lipinski definition) is 5. The van der Waals surface area contributed by atoms with Gasteiger partial charge in [0.05, 0.1) is 30.0 Å². The van der Waals surface area contributed by atoms with Gasteiger partial charge in [0, 0.05) is 23.4 Å². The first-order chi connectivity index (χ1) is 11.6. The Balaban J connectivity index is 2.11. The Morgan fingerprint density at radius 1 is 1.25 bits per heavy atom. The van der Waals surface area contributed by atoms with E-state index in [2.05, 4.69) is 5.10 Å². The third-order valence-electron chi connectivity index (χ3n) is 3.63. The molecule has 7 nitrogen and oxygen atoms in total. The van der Waals surface area contributed by atoms with Crippen LogP contribution in [0, 0.1) is 10.1 Å². The number of methoxy groups -OCH3 is 1. The summed E-state index contributed by atoms with van der Waals surface area (Å²) in [6, 6.07) is 14.0. The highest BCUT2D eigenvalue weighted by molar-refractivity contribution is 5.68. The molecule has 1 N–H and O–H groups in total. The summed E-state index contributed by atoms with van der Waals surface area (Å²) >= 11 is 0. The van der Waals surface area contributed by atoms with Crippen LogP contribution in [0.5, 0.6) is 5.75 Å². The van der Waals surface area contributed by atoms with E-state index in [1.165, 1.54) is 19.2 Å². The minimum atomic E-state index is -0.505. The number of nitro benzene ring substituents is 1. The van der Waals surface area contributed by atoms with Crippen molar-refractivity contribution in [3.63, 3.8) is 0 Å². The molecule has 3 rings (SSSR count). The van der Waals surface area contributed by atoms with Crippen molar-refractivity contribution in [3.8, 4) is 22.7 Å². The van der Waals surface area contributed by atoms with E-state index in [1.807, 2.05) is 30.3 Å². The number of hydrogen-bond donors (Lipinski definition) is 1. The van der Waals surface area contributed by atoms with E-state index in [0.717, 1.165) is 5.69 Å². The second-order valence-electron chi connectivity index (χ2n) is 5.08. The summed E-state index contributed by atoms with van der Waals surface area (Å²) < 4.78 is 6.65. The summed E-state index contributed by atoms with van der Waals surface area (Å²) in [6.07, 6.45) is 1.71. The third-order valence-corrected chi connectivity index (χ3v) is 3.63. The third kappa shape index (κ3) is 2.84. The van der Waals surface area contributed by atoms with Gasteiger partial charge in [-0.25, -0.2) is 4.68 Å². The molecule has 7 heteroatoms. The van der Waals surface area contributed by atoms with Crippen LogP contribution in [0.4, 0.5) is 5.69 Å². The number of aromatic nitrogens is 2. The van der Waals surface area contributed by atoms with Crippen molar-refractivity contribution in [2.45, 2.75) is 6.61 Å². The van der Waals surface area contributed by atoms with Crippen molar-refractivity contribution in [3.05, 3.63) is 70.4 Å². The standard InChI is InChI=1S/C17H15N3O4/c1-24-16-8-7-12(9-15(16)20(22)23)17-13(11-21)10-19(18-17)14-5-3-2-4-6-14/h2-10,21H,11H2,1H3. The highest BCUT2D eigenvalue weighted by Crippen LogP contribution is 2.33. The molecule has 24 heavy (non-hydrogen) atoms. The largest absolute Gasteiger partial charge is 0.490 e. The lowest BCUT2D eigenvalue weighted by Gasteiger charge is -2.04. The van der Waals surface area contributed by atoms with E-state index in [1.54, 1.807) is 16.9 Å². The number of aliphatic hydroxyl groups is 1. The number of para-hydroxylation sites is 1. The predicted molar refractivity (Wildman–Crippen MR) is 88.1 cm³/mol. The summed E-state index contributed by atoms with van der Waals surface area (Å²) in [5.74, 6) is 0.178. The molecule has 0 saturated carbocycles. The first kappa shape index (κ1) is 15.7. The molecule has 0 aliphatic carbocycles. The highest BCUT2D eigenvalue weighted by Gasteiger charge is 2.19. The molecule has 0 radical (unpaired) electrons. The Hall–Kier alpha value is -3.19. The van der Waals surface area contributed by atoms with Gasteiger partial charge in [-0.1, -0.05) is 18.2 Å². The number of nitrogens with zero attached hydrogens (tertiary/aromatic N) is 3. The zero-order chi connectivity index (χ0) is 17.1. The van der Waals surface area contributed by atoms with Crippen LogP contribution in [-0.2, 0) is 6.61 Å². The molecule has 2 aromatic carbocycles. The molecule has 3 aromatic rings. The predicted octanol–water partition coefficient (Wildman–Crippen LogP) is 2.95. The lowest BCUT2D eigenvalue weighted by molar-refractivity contribution is -0.385. The van der Waals surface area contributed by atoms with Crippen molar-refractivity contribution in [2.24, 2.45) is 0 Å². The first-order valence-corrected chi connectivity index (χ1v) is 7.21. The van der Waals surface area contributed by atoms with Gasteiger partial charge in [-0.2, -0.15) is 5.10 Å². The molecule has 0 bridgehead atoms. The van der Waals surface area contributed by atoms with Gasteiger partial charge < -0.3 is 9.84 Å². The van der Waals surface area contributed by atoms with Crippen LogP contribution < -0.4 is 4.74 Å². The Morgan fingerprint density at radius 3 is 2.62 bits per heavy atom. The zero-order valence-electron chi connectivity index (χ0n) is 12.9. The smallest absolute Gasteiger partial charge is 0.311 e. The van der Waals surface area contributed by atoms with Crippen LogP contribution in [0.3, 0.4) is 0 Å². The van der Waals surface area contributed by atoms with Gasteiger partial charge in [0.1, 0.15) is 0 Å². The SMILES string of the molecule is COc1ccc(-c2nn(-c3ccccc3)cc2CO)cc1[N+](=O)[O-]. The molecule has 122 valence electrons. The molecular formula is C17H15N3O4. The number of ether oxygens (including phenoxy) is 1. The summed E-state index contributed by atoms with van der Waals surface area (Å²) in [5.41, 5.74) is 2.31. The summed E-state index contributed by atoms with van der Waals surface area (Å²) in [4.78, 5) is 10.7. The van der Waals surface area contributed by atoms with E-state index in [-0.39, 0.29) is 18.0 Å². The average molecular weight is 325 g/mol. The summed E-state index contributed by atoms with van der Waals surface area (Å²) in [7, 11) is 1.38. The van der Waals surface area contributed by atoms with E-state index >= 15 is 0 Å². The van der Waals surface area contributed by atoms with E-state index in [0.29, 0.717) is 16.8 Å². The molecule has 0 saturated heterocycles. The normalized spacial score (nSPS) is 10.6. The first-order valence-electron chi connectivity index (χ1n) is 7.21. The molecule has 0 atom stereocenters. The Labute approximate surface area is 137 Å². The molecule has 0 spiro atoms. The minimum absolute atomic E-state index is 0.145. The van der Waals surface area contributed by atoms with Gasteiger partial charge in [0.2, 0.25) is 0 Å². The average Bonchev–Trinajstić information content (AvgIpc) is 3.06. The highest BCUT2D eigenvalue weighted by atomic mass is 16.6. The van der Waals surface area contributed by atoms with E-state index in [4.69, 9.17) is 4.74 Å². The fourth-order valence-electron chi connectivity index (χ4n) is 2.46. The van der Waals surface area contributed by atoms with Gasteiger partial charge in [0.15, 0.2) is 5.75 Å². The fraction of sp³-hybridized carbons (Fsp3) is 0.118. The minimum Gasteiger partial charge on any atom is -0.490 e. The molecule has 0 amide bonds. The Morgan fingerprint density at radius 2 is 2.00 bits per heavy atom. The van der Waals surface area contributed by atoms with Crippen LogP contribution in [0.2, 0.25) is 0 Å². The maximum atomic E-state index is 11.2. The molecule has 1 aromatic heterocycles. The van der Waals surface area contributed by atoms with Crippen LogP contribution in [-0.4, -0.2) is 26.9 Å². The second kappa shape index (κ2) is 6.51. The molecule has 0 unspecified atom stereocenters. The molecule has 0 fully saturated rings. The van der Waals surface area contributed by atoms with Crippen molar-refractivity contribution >= 4 is 5.69 Å². The maximum absolute atomic E-state index is 11.2. The van der Waals surface area contributed by atoms with Gasteiger partial charge in [-0.05, 0) is 24.3 Å². The van der Waals surface area contributed by atoms with E-state index in [9.17, 15) is 15.2 Å². The Bertz CT molecular complexity index is 875. The molecule has 0 aliphatic heterocycles. The zero-order valence-corrected chi connectivity index (χ0v) is 12.9. The number of benzene rings is 2. The number of rotatable bonds is 5. The lowest BCUT2D eigenvalue weighted by Crippen LogP contribution is -1.96. The lowest BCUT2D eigenvalue weighted by atomic mass is 10.1. The quantitative estimate of drug-likeness (QED) is 0.575. The van der Waals surface area contributed by atoms with Crippen molar-refractivity contribution in [1.29, 1.82) is 0 Å². The fourth-order valence-corrected chi connectivity index (χ4v) is 2.46. The van der Waals surface area contributed by atoms with Crippen LogP contribution >= 0.6 is 0 Å². The molecule has 0 aliphatic rings. The maximum Gasteiger partial charge on any atom is 0.311 e. The molecular weight excluding hydrogens is 310 g/mol. The topological polar surface area (TPSA) is 90.4 Å². The summed E-state index contributed by atoms with van der Waals surface area (Å²) in [6.45, 7) is -0.220.